The first-order valence-corrected chi connectivity index (χ1v) is 8.65. The third kappa shape index (κ3) is 2.90. The molecule has 0 fully saturated rings. The molecule has 0 N–H and O–H groups in total. The van der Waals surface area contributed by atoms with Crippen LogP contribution in [-0.2, 0) is 0 Å². The normalized spacial score (nSPS) is 11.5. The second-order valence-corrected chi connectivity index (χ2v) is 6.52. The van der Waals surface area contributed by atoms with Crippen LogP contribution in [0, 0.1) is 20.8 Å². The highest BCUT2D eigenvalue weighted by Crippen LogP contribution is 2.33. The van der Waals surface area contributed by atoms with Crippen LogP contribution in [0.2, 0.25) is 0 Å². The average molecular weight is 340 g/mol. The zero-order chi connectivity index (χ0) is 18.1. The number of fused-ring (bicyclic) bond motifs is 1. The van der Waals surface area contributed by atoms with Crippen LogP contribution < -0.4 is 0 Å². The van der Waals surface area contributed by atoms with E-state index in [1.807, 2.05) is 47.0 Å². The van der Waals surface area contributed by atoms with Crippen LogP contribution in [-0.4, -0.2) is 9.38 Å². The van der Waals surface area contributed by atoms with Gasteiger partial charge in [-0.1, -0.05) is 48.5 Å². The molecule has 0 saturated carbocycles. The lowest BCUT2D eigenvalue weighted by atomic mass is 10.1. The van der Waals surface area contributed by atoms with Gasteiger partial charge in [-0.25, -0.2) is 4.98 Å². The molecule has 0 atom stereocenters. The maximum absolute atomic E-state index is 4.81. The number of pyridine rings is 1. The number of azo groups is 1. The van der Waals surface area contributed by atoms with Crippen molar-refractivity contribution in [3.05, 3.63) is 83.6 Å². The summed E-state index contributed by atoms with van der Waals surface area (Å²) in [4.78, 5) is 4.81. The van der Waals surface area contributed by atoms with E-state index in [2.05, 4.69) is 55.3 Å². The molecule has 128 valence electrons. The van der Waals surface area contributed by atoms with E-state index in [9.17, 15) is 0 Å². The molecule has 4 aromatic rings. The van der Waals surface area contributed by atoms with E-state index in [-0.39, 0.29) is 0 Å². The van der Waals surface area contributed by atoms with Gasteiger partial charge in [-0.2, -0.15) is 0 Å². The SMILES string of the molecule is Cc1ccn2c(N=Nc3c(C)cccc3C)c(-c3ccccc3)nc2c1. The van der Waals surface area contributed by atoms with Gasteiger partial charge in [-0.05, 0) is 49.6 Å². The Morgan fingerprint density at radius 3 is 2.27 bits per heavy atom. The third-order valence-corrected chi connectivity index (χ3v) is 4.49. The fourth-order valence-electron chi connectivity index (χ4n) is 3.08. The molecule has 2 heterocycles. The quantitative estimate of drug-likeness (QED) is 0.401. The summed E-state index contributed by atoms with van der Waals surface area (Å²) in [6.45, 7) is 6.17. The predicted octanol–water partition coefficient (Wildman–Crippen LogP) is 6.34. The van der Waals surface area contributed by atoms with E-state index in [1.54, 1.807) is 0 Å². The van der Waals surface area contributed by atoms with E-state index in [0.717, 1.165) is 39.5 Å². The smallest absolute Gasteiger partial charge is 0.187 e. The highest BCUT2D eigenvalue weighted by atomic mass is 15.2. The first-order chi connectivity index (χ1) is 12.6. The Morgan fingerprint density at radius 2 is 1.54 bits per heavy atom. The molecular weight excluding hydrogens is 320 g/mol. The van der Waals surface area contributed by atoms with Gasteiger partial charge in [0.2, 0.25) is 0 Å². The summed E-state index contributed by atoms with van der Waals surface area (Å²) in [5.41, 5.74) is 7.04. The predicted molar refractivity (Wildman–Crippen MR) is 105 cm³/mol. The van der Waals surface area contributed by atoms with Crippen molar-refractivity contribution in [2.75, 3.05) is 0 Å². The van der Waals surface area contributed by atoms with Gasteiger partial charge in [0.15, 0.2) is 5.82 Å². The largest absolute Gasteiger partial charge is 0.283 e. The maximum Gasteiger partial charge on any atom is 0.187 e. The first kappa shape index (κ1) is 16.2. The van der Waals surface area contributed by atoms with Crippen molar-refractivity contribution in [3.8, 4) is 11.3 Å². The van der Waals surface area contributed by atoms with Crippen LogP contribution in [0.5, 0.6) is 0 Å². The molecular formula is C22H20N4. The molecule has 0 radical (unpaired) electrons. The summed E-state index contributed by atoms with van der Waals surface area (Å²) in [7, 11) is 0. The Bertz CT molecular complexity index is 1090. The van der Waals surface area contributed by atoms with Crippen molar-refractivity contribution in [3.63, 3.8) is 0 Å². The van der Waals surface area contributed by atoms with Crippen molar-refractivity contribution in [2.45, 2.75) is 20.8 Å². The topological polar surface area (TPSA) is 42.0 Å². The molecule has 2 aromatic heterocycles. The molecule has 26 heavy (non-hydrogen) atoms. The number of imidazole rings is 1. The number of aromatic nitrogens is 2. The standard InChI is InChI=1S/C22H20N4/c1-15-12-13-26-19(14-15)23-21(18-10-5-4-6-11-18)22(26)25-24-20-16(2)8-7-9-17(20)3/h4-14H,1-3H3. The van der Waals surface area contributed by atoms with Gasteiger partial charge < -0.3 is 0 Å². The van der Waals surface area contributed by atoms with Crippen molar-refractivity contribution in [1.29, 1.82) is 0 Å². The lowest BCUT2D eigenvalue weighted by Gasteiger charge is -2.03. The summed E-state index contributed by atoms with van der Waals surface area (Å²) in [5, 5.41) is 9.19. The van der Waals surface area contributed by atoms with Gasteiger partial charge in [0.1, 0.15) is 11.3 Å². The second kappa shape index (κ2) is 6.56. The van der Waals surface area contributed by atoms with Gasteiger partial charge in [0, 0.05) is 11.8 Å². The Kier molecular flexibility index (Phi) is 4.09. The van der Waals surface area contributed by atoms with Gasteiger partial charge in [0.25, 0.3) is 0 Å². The molecule has 0 unspecified atom stereocenters. The van der Waals surface area contributed by atoms with Crippen LogP contribution in [0.25, 0.3) is 16.9 Å². The van der Waals surface area contributed by atoms with Gasteiger partial charge in [0.05, 0.1) is 5.69 Å². The Balaban J connectivity index is 1.92. The average Bonchev–Trinajstić information content (AvgIpc) is 3.00. The molecule has 0 aliphatic carbocycles. The summed E-state index contributed by atoms with van der Waals surface area (Å²) < 4.78 is 1.99. The van der Waals surface area contributed by atoms with Crippen molar-refractivity contribution in [1.82, 2.24) is 9.38 Å². The molecule has 4 heteroatoms. The zero-order valence-corrected chi connectivity index (χ0v) is 15.1. The Hall–Kier alpha value is -3.27. The van der Waals surface area contributed by atoms with Gasteiger partial charge in [-0.3, -0.25) is 4.40 Å². The molecule has 0 aliphatic rings. The summed E-state index contributed by atoms with van der Waals surface area (Å²) in [5.74, 6) is 0.744. The van der Waals surface area contributed by atoms with E-state index >= 15 is 0 Å². The third-order valence-electron chi connectivity index (χ3n) is 4.49. The molecule has 0 bridgehead atoms. The van der Waals surface area contributed by atoms with Crippen molar-refractivity contribution in [2.24, 2.45) is 10.2 Å². The van der Waals surface area contributed by atoms with Crippen molar-refractivity contribution < 1.29 is 0 Å². The monoisotopic (exact) mass is 340 g/mol. The maximum atomic E-state index is 4.81. The molecule has 0 aliphatic heterocycles. The second-order valence-electron chi connectivity index (χ2n) is 6.52. The van der Waals surface area contributed by atoms with Crippen molar-refractivity contribution >= 4 is 17.2 Å². The minimum atomic E-state index is 0.744. The van der Waals surface area contributed by atoms with E-state index in [4.69, 9.17) is 4.98 Å². The fraction of sp³-hybridized carbons (Fsp3) is 0.136. The van der Waals surface area contributed by atoms with E-state index in [0.29, 0.717) is 0 Å². The lowest BCUT2D eigenvalue weighted by Crippen LogP contribution is -1.84. The molecule has 0 saturated heterocycles. The number of benzene rings is 2. The number of aryl methyl sites for hydroxylation is 3. The van der Waals surface area contributed by atoms with Crippen LogP contribution >= 0.6 is 0 Å². The minimum Gasteiger partial charge on any atom is -0.283 e. The summed E-state index contributed by atoms with van der Waals surface area (Å²) in [6, 6.07) is 20.4. The van der Waals surface area contributed by atoms with Crippen LogP contribution in [0.4, 0.5) is 11.5 Å². The zero-order valence-electron chi connectivity index (χ0n) is 15.1. The van der Waals surface area contributed by atoms with Gasteiger partial charge in [-0.15, -0.1) is 10.2 Å². The highest BCUT2D eigenvalue weighted by Gasteiger charge is 2.14. The fourth-order valence-corrected chi connectivity index (χ4v) is 3.08. The number of rotatable bonds is 3. The molecule has 0 spiro atoms. The number of hydrogen-bond acceptors (Lipinski definition) is 3. The summed E-state index contributed by atoms with van der Waals surface area (Å²) in [6.07, 6.45) is 2.00. The molecule has 4 nitrogen and oxygen atoms in total. The van der Waals surface area contributed by atoms with E-state index in [1.165, 1.54) is 5.56 Å². The first-order valence-electron chi connectivity index (χ1n) is 8.65. The minimum absolute atomic E-state index is 0.744. The molecule has 4 rings (SSSR count). The summed E-state index contributed by atoms with van der Waals surface area (Å²) >= 11 is 0. The number of nitrogens with zero attached hydrogens (tertiary/aromatic N) is 4. The van der Waals surface area contributed by atoms with Crippen LogP contribution in [0.15, 0.2) is 77.1 Å². The van der Waals surface area contributed by atoms with E-state index < -0.39 is 0 Å². The number of hydrogen-bond donors (Lipinski definition) is 0. The highest BCUT2D eigenvalue weighted by molar-refractivity contribution is 5.74. The molecule has 2 aromatic carbocycles. The van der Waals surface area contributed by atoms with Crippen LogP contribution in [0.1, 0.15) is 16.7 Å². The van der Waals surface area contributed by atoms with Crippen LogP contribution in [0.3, 0.4) is 0 Å². The lowest BCUT2D eigenvalue weighted by molar-refractivity contribution is 1.09. The molecule has 0 amide bonds. The Labute approximate surface area is 152 Å². The van der Waals surface area contributed by atoms with Gasteiger partial charge >= 0.3 is 0 Å². The Morgan fingerprint density at radius 1 is 0.808 bits per heavy atom.